The minimum absolute atomic E-state index is 0.881. The summed E-state index contributed by atoms with van der Waals surface area (Å²) in [6, 6.07) is 7.96. The Morgan fingerprint density at radius 2 is 1.58 bits per heavy atom. The van der Waals surface area contributed by atoms with Crippen molar-refractivity contribution in [2.24, 2.45) is 0 Å². The molecular weight excluding hydrogens is 388 g/mol. The van der Waals surface area contributed by atoms with Crippen LogP contribution in [0, 0.1) is 6.92 Å². The fourth-order valence-corrected chi connectivity index (χ4v) is 3.68. The molecule has 0 aromatic heterocycles. The molecule has 0 aliphatic carbocycles. The molecule has 0 saturated carbocycles. The van der Waals surface area contributed by atoms with Gasteiger partial charge in [-0.3, -0.25) is 0 Å². The molecule has 0 aliphatic rings. The number of halogens is 3. The molecule has 0 aliphatic heterocycles. The molecule has 0 unspecified atom stereocenters. The zero-order chi connectivity index (χ0) is 9.19. The Labute approximate surface area is 94.9 Å². The van der Waals surface area contributed by atoms with Gasteiger partial charge in [0.15, 0.2) is 0 Å². The molecule has 0 heterocycles. The van der Waals surface area contributed by atoms with Crippen molar-refractivity contribution in [1.29, 1.82) is 0 Å². The summed E-state index contributed by atoms with van der Waals surface area (Å²) in [5, 5.41) is 0. The third-order valence-electron chi connectivity index (χ3n) is 1.25. The summed E-state index contributed by atoms with van der Waals surface area (Å²) >= 11 is 10.3. The van der Waals surface area contributed by atoms with E-state index in [1.165, 1.54) is 5.56 Å². The summed E-state index contributed by atoms with van der Waals surface area (Å²) < 4.78 is 5.59. The van der Waals surface area contributed by atoms with Gasteiger partial charge in [-0.25, -0.2) is 0 Å². The van der Waals surface area contributed by atoms with Gasteiger partial charge in [-0.05, 0) is 0 Å². The second kappa shape index (κ2) is 4.60. The molecule has 0 N–H and O–H groups in total. The van der Waals surface area contributed by atoms with Gasteiger partial charge in [-0.1, -0.05) is 0 Å². The fourth-order valence-electron chi connectivity index (χ4n) is 0.740. The van der Waals surface area contributed by atoms with Crippen LogP contribution in [0.25, 0.3) is 0 Å². The van der Waals surface area contributed by atoms with E-state index in [9.17, 15) is 0 Å². The van der Waals surface area contributed by atoms with E-state index in [1.807, 2.05) is 24.3 Å². The average molecular weight is 395 g/mol. The second-order valence-corrected chi connectivity index (χ2v) is 31.0. The number of hydrogen-bond acceptors (Lipinski definition) is 1. The molecule has 0 amide bonds. The first-order valence-corrected chi connectivity index (χ1v) is 15.5. The topological polar surface area (TPSA) is 9.23 Å². The van der Waals surface area contributed by atoms with E-state index in [1.54, 1.807) is 0 Å². The molecular formula is C7H7Br3OTi. The maximum atomic E-state index is 5.59. The molecule has 0 atom stereocenters. The number of hydrogen-bond donors (Lipinski definition) is 0. The quantitative estimate of drug-likeness (QED) is 0.677. The van der Waals surface area contributed by atoms with E-state index in [4.69, 9.17) is 3.32 Å². The minimum atomic E-state index is -2.44. The van der Waals surface area contributed by atoms with Crippen molar-refractivity contribution in [2.45, 2.75) is 6.92 Å². The Morgan fingerprint density at radius 3 is 2.00 bits per heavy atom. The summed E-state index contributed by atoms with van der Waals surface area (Å²) in [7, 11) is -2.44. The van der Waals surface area contributed by atoms with Crippen LogP contribution in [-0.2, 0) is 10.7 Å². The van der Waals surface area contributed by atoms with Crippen molar-refractivity contribution >= 4 is 39.5 Å². The Bertz CT molecular complexity index is 254. The molecule has 0 saturated heterocycles. The molecule has 0 radical (unpaired) electrons. The van der Waals surface area contributed by atoms with E-state index in [2.05, 4.69) is 46.4 Å². The van der Waals surface area contributed by atoms with Gasteiger partial charge in [0, 0.05) is 0 Å². The first-order valence-electron chi connectivity index (χ1n) is 3.30. The van der Waals surface area contributed by atoms with E-state index in [-0.39, 0.29) is 0 Å². The molecule has 1 rings (SSSR count). The third-order valence-corrected chi connectivity index (χ3v) is 3.99. The van der Waals surface area contributed by atoms with Crippen molar-refractivity contribution < 1.29 is 14.0 Å². The van der Waals surface area contributed by atoms with Crippen LogP contribution in [0.3, 0.4) is 0 Å². The van der Waals surface area contributed by atoms with Crippen LogP contribution in [0.5, 0.6) is 5.75 Å². The number of benzene rings is 1. The van der Waals surface area contributed by atoms with Crippen LogP contribution in [0.2, 0.25) is 0 Å². The van der Waals surface area contributed by atoms with Gasteiger partial charge < -0.3 is 0 Å². The molecule has 0 bridgehead atoms. The van der Waals surface area contributed by atoms with Crippen molar-refractivity contribution in [3.05, 3.63) is 29.8 Å². The standard InChI is InChI=1S/C7H8O.3BrH.Ti/c1-6-2-4-7(8)5-3-6;;;;/h2-5,8H,1H3;3*1H;/q;;;;+4/p-4. The summed E-state index contributed by atoms with van der Waals surface area (Å²) in [5.74, 6) is 0.881. The monoisotopic (exact) mass is 392 g/mol. The maximum absolute atomic E-state index is 5.59. The summed E-state index contributed by atoms with van der Waals surface area (Å²) in [6.45, 7) is 2.05. The Balaban J connectivity index is 2.71. The Morgan fingerprint density at radius 1 is 1.08 bits per heavy atom. The Kier molecular flexibility index (Phi) is 4.31. The first kappa shape index (κ1) is 11.3. The molecule has 1 aromatic carbocycles. The summed E-state index contributed by atoms with van der Waals surface area (Å²) in [6.07, 6.45) is 0. The van der Waals surface area contributed by atoms with Gasteiger partial charge in [-0.2, -0.15) is 0 Å². The molecule has 0 fully saturated rings. The summed E-state index contributed by atoms with van der Waals surface area (Å²) in [4.78, 5) is 0. The molecule has 1 nitrogen and oxygen atoms in total. The van der Waals surface area contributed by atoms with Crippen LogP contribution in [0.15, 0.2) is 24.3 Å². The predicted octanol–water partition coefficient (Wildman–Crippen LogP) is 4.37. The van der Waals surface area contributed by atoms with Crippen LogP contribution in [-0.4, -0.2) is 0 Å². The molecule has 1 aromatic rings. The van der Waals surface area contributed by atoms with Gasteiger partial charge in [-0.15, -0.1) is 0 Å². The zero-order valence-corrected chi connectivity index (χ0v) is 12.7. The van der Waals surface area contributed by atoms with E-state index >= 15 is 0 Å². The van der Waals surface area contributed by atoms with Gasteiger partial charge >= 0.3 is 96.0 Å². The van der Waals surface area contributed by atoms with Crippen LogP contribution in [0.1, 0.15) is 5.56 Å². The third kappa shape index (κ3) is 4.42. The van der Waals surface area contributed by atoms with Crippen LogP contribution in [0.4, 0.5) is 0 Å². The van der Waals surface area contributed by atoms with Crippen LogP contribution >= 0.6 is 39.5 Å². The summed E-state index contributed by atoms with van der Waals surface area (Å²) in [5.41, 5.74) is 1.24. The number of rotatable bonds is 2. The second-order valence-electron chi connectivity index (χ2n) is 2.36. The number of aryl methyl sites for hydroxylation is 1. The first-order chi connectivity index (χ1) is 5.47. The van der Waals surface area contributed by atoms with Gasteiger partial charge in [0.1, 0.15) is 0 Å². The average Bonchev–Trinajstić information content (AvgIpc) is 1.91. The SMILES string of the molecule is Cc1ccc([O][Ti]([Br])([Br])[Br])cc1. The van der Waals surface area contributed by atoms with Crippen LogP contribution < -0.4 is 3.32 Å². The zero-order valence-electron chi connectivity index (χ0n) is 6.35. The normalized spacial score (nSPS) is 11.3. The molecule has 12 heavy (non-hydrogen) atoms. The van der Waals surface area contributed by atoms with Gasteiger partial charge in [0.2, 0.25) is 0 Å². The van der Waals surface area contributed by atoms with E-state index in [0.29, 0.717) is 0 Å². The van der Waals surface area contributed by atoms with Crippen molar-refractivity contribution in [1.82, 2.24) is 0 Å². The van der Waals surface area contributed by atoms with Gasteiger partial charge in [0.05, 0.1) is 0 Å². The van der Waals surface area contributed by atoms with Crippen molar-refractivity contribution in [3.63, 3.8) is 0 Å². The van der Waals surface area contributed by atoms with Crippen molar-refractivity contribution in [3.8, 4) is 5.75 Å². The van der Waals surface area contributed by atoms with E-state index in [0.717, 1.165) is 5.75 Å². The predicted molar refractivity (Wildman–Crippen MR) is 58.6 cm³/mol. The van der Waals surface area contributed by atoms with Gasteiger partial charge in [0.25, 0.3) is 0 Å². The van der Waals surface area contributed by atoms with Crippen molar-refractivity contribution in [2.75, 3.05) is 0 Å². The van der Waals surface area contributed by atoms with E-state index < -0.39 is 10.7 Å². The molecule has 66 valence electrons. The molecule has 0 spiro atoms. The molecule has 5 heteroatoms. The Hall–Kier alpha value is 1.17. The fraction of sp³-hybridized carbons (Fsp3) is 0.143.